The van der Waals surface area contributed by atoms with Gasteiger partial charge in [-0.3, -0.25) is 0 Å². The van der Waals surface area contributed by atoms with Gasteiger partial charge < -0.3 is 20.8 Å². The Morgan fingerprint density at radius 2 is 1.86 bits per heavy atom. The molecule has 5 heteroatoms. The van der Waals surface area contributed by atoms with E-state index in [-0.39, 0.29) is 17.5 Å². The van der Waals surface area contributed by atoms with Crippen LogP contribution >= 0.6 is 0 Å². The van der Waals surface area contributed by atoms with Crippen LogP contribution < -0.4 is 10.6 Å². The lowest BCUT2D eigenvalue weighted by atomic mass is 10.1. The minimum Gasteiger partial charge on any atom is -0.591 e. The number of hydrogen-bond donors (Lipinski definition) is 3. The zero-order chi connectivity index (χ0) is 15.5. The zero-order valence-corrected chi connectivity index (χ0v) is 12.7. The molecule has 0 bridgehead atoms. The summed E-state index contributed by atoms with van der Waals surface area (Å²) in [5, 5.41) is 22.3. The predicted molar refractivity (Wildman–Crippen MR) is 84.8 cm³/mol. The molecule has 0 aliphatic heterocycles. The Morgan fingerprint density at radius 1 is 1.14 bits per heavy atom. The van der Waals surface area contributed by atoms with Crippen molar-refractivity contribution in [2.45, 2.75) is 52.0 Å². The van der Waals surface area contributed by atoms with Gasteiger partial charge in [-0.2, -0.15) is 0 Å². The van der Waals surface area contributed by atoms with Gasteiger partial charge in [-0.05, 0) is 24.1 Å². The van der Waals surface area contributed by atoms with Crippen LogP contribution in [0.2, 0.25) is 0 Å². The lowest BCUT2D eigenvalue weighted by Gasteiger charge is -2.08. The first kappa shape index (κ1) is 17.1. The van der Waals surface area contributed by atoms with Crippen molar-refractivity contribution in [2.75, 3.05) is 6.54 Å². The molecule has 0 aliphatic rings. The molecule has 21 heavy (non-hydrogen) atoms. The third-order valence-electron chi connectivity index (χ3n) is 3.33. The van der Waals surface area contributed by atoms with E-state index < -0.39 is 0 Å². The molecule has 0 saturated carbocycles. The maximum Gasteiger partial charge on any atom is 0.315 e. The molecule has 1 aromatic rings. The average Bonchev–Trinajstić information content (AvgIpc) is 2.47. The van der Waals surface area contributed by atoms with E-state index in [9.17, 15) is 9.90 Å². The fourth-order valence-electron chi connectivity index (χ4n) is 2.04. The van der Waals surface area contributed by atoms with Gasteiger partial charge in [-0.1, -0.05) is 39.0 Å². The second kappa shape index (κ2) is 9.91. The van der Waals surface area contributed by atoms with Crippen LogP contribution in [0.15, 0.2) is 18.2 Å². The first-order chi connectivity index (χ1) is 10.1. The molecule has 0 saturated heterocycles. The Bertz CT molecular complexity index is 436. The highest BCUT2D eigenvalue weighted by molar-refractivity contribution is 5.73. The highest BCUT2D eigenvalue weighted by Gasteiger charge is 2.05. The van der Waals surface area contributed by atoms with Gasteiger partial charge in [0.25, 0.3) is 5.75 Å². The maximum absolute atomic E-state index is 11.6. The number of urea groups is 1. The van der Waals surface area contributed by atoms with Crippen molar-refractivity contribution in [3.63, 3.8) is 0 Å². The molecule has 0 heterocycles. The number of rotatable bonds is 9. The standard InChI is InChI=1S/C16H26N2O3/c1-2-3-4-5-6-7-10-17-16(21)18-12-13-8-9-14(19)15(20)11-13/h8-9,11,19-20H,2-7,10,12H2,1H3,(H2,17,18,21)/p+1. The van der Waals surface area contributed by atoms with E-state index in [0.29, 0.717) is 13.1 Å². The highest BCUT2D eigenvalue weighted by atomic mass is 16.3. The van der Waals surface area contributed by atoms with Crippen molar-refractivity contribution < 1.29 is 15.0 Å². The third kappa shape index (κ3) is 7.44. The molecule has 1 aromatic carbocycles. The lowest BCUT2D eigenvalue weighted by molar-refractivity contribution is 0.240. The van der Waals surface area contributed by atoms with Crippen LogP contribution in [0.25, 0.3) is 0 Å². The van der Waals surface area contributed by atoms with Gasteiger partial charge >= 0.3 is 6.03 Å². The summed E-state index contributed by atoms with van der Waals surface area (Å²) in [6.45, 7) is 3.23. The van der Waals surface area contributed by atoms with Crippen LogP contribution in [0.3, 0.4) is 0 Å². The van der Waals surface area contributed by atoms with E-state index in [4.69, 9.17) is 5.11 Å². The van der Waals surface area contributed by atoms with Crippen LogP contribution in [-0.2, 0) is 6.54 Å². The number of hydrogen-bond acceptors (Lipinski definition) is 2. The minimum atomic E-state index is -0.196. The van der Waals surface area contributed by atoms with Gasteiger partial charge in [0.2, 0.25) is 5.75 Å². The molecular weight excluding hydrogens is 268 g/mol. The summed E-state index contributed by atoms with van der Waals surface area (Å²) in [7, 11) is 0. The zero-order valence-electron chi connectivity index (χ0n) is 12.7. The normalized spacial score (nSPS) is 10.3. The lowest BCUT2D eigenvalue weighted by Crippen LogP contribution is -2.35. The summed E-state index contributed by atoms with van der Waals surface area (Å²) in [6.07, 6.45) is 7.20. The predicted octanol–water partition coefficient (Wildman–Crippen LogP) is 2.99. The fourth-order valence-corrected chi connectivity index (χ4v) is 2.04. The number of carbonyl (C=O) groups excluding carboxylic acids is 1. The summed E-state index contributed by atoms with van der Waals surface area (Å²) < 4.78 is 0. The molecule has 5 N–H and O–H groups in total. The number of benzene rings is 1. The number of phenolic OH excluding ortho intramolecular Hbond substituents is 1. The molecule has 2 amide bonds. The molecule has 0 radical (unpaired) electrons. The molecule has 0 atom stereocenters. The number of phenols is 1. The van der Waals surface area contributed by atoms with Crippen LogP contribution in [0.5, 0.6) is 11.5 Å². The Hall–Kier alpha value is -1.91. The summed E-state index contributed by atoms with van der Waals surface area (Å²) in [5.74, 6) is 0.0214. The number of aromatic hydroxyl groups is 1. The van der Waals surface area contributed by atoms with Gasteiger partial charge in [-0.25, -0.2) is 4.79 Å². The SMILES string of the molecule is CCCCCCCCNC(=O)NCc1ccc([OH2+])c(O)c1. The van der Waals surface area contributed by atoms with Crippen LogP contribution in [0.1, 0.15) is 51.0 Å². The van der Waals surface area contributed by atoms with E-state index in [2.05, 4.69) is 17.6 Å². The Morgan fingerprint density at radius 3 is 2.57 bits per heavy atom. The van der Waals surface area contributed by atoms with E-state index in [1.165, 1.54) is 37.8 Å². The van der Waals surface area contributed by atoms with Crippen molar-refractivity contribution in [1.82, 2.24) is 10.6 Å². The van der Waals surface area contributed by atoms with Crippen molar-refractivity contribution in [1.29, 1.82) is 0 Å². The van der Waals surface area contributed by atoms with E-state index in [0.717, 1.165) is 18.4 Å². The van der Waals surface area contributed by atoms with Crippen LogP contribution in [0.4, 0.5) is 4.79 Å². The molecular formula is C16H27N2O3+. The Kier molecular flexibility index (Phi) is 8.09. The summed E-state index contributed by atoms with van der Waals surface area (Å²) >= 11 is 0. The van der Waals surface area contributed by atoms with E-state index >= 15 is 0 Å². The molecule has 0 fully saturated rings. The second-order valence-corrected chi connectivity index (χ2v) is 5.23. The molecule has 118 valence electrons. The van der Waals surface area contributed by atoms with Crippen molar-refractivity contribution >= 4 is 6.03 Å². The third-order valence-corrected chi connectivity index (χ3v) is 3.33. The number of amides is 2. The molecule has 0 unspecified atom stereocenters. The van der Waals surface area contributed by atoms with Gasteiger partial charge in [0.05, 0.1) is 0 Å². The molecule has 1 rings (SSSR count). The maximum atomic E-state index is 11.6. The fraction of sp³-hybridized carbons (Fsp3) is 0.562. The Labute approximate surface area is 126 Å². The topological polar surface area (TPSA) is 84.3 Å². The van der Waals surface area contributed by atoms with Crippen molar-refractivity contribution in [2.24, 2.45) is 0 Å². The summed E-state index contributed by atoms with van der Waals surface area (Å²) in [6, 6.07) is 4.53. The summed E-state index contributed by atoms with van der Waals surface area (Å²) in [4.78, 5) is 11.6. The molecule has 0 aromatic heterocycles. The quantitative estimate of drug-likeness (QED) is 0.483. The minimum absolute atomic E-state index is 0.0678. The van der Waals surface area contributed by atoms with Crippen LogP contribution in [0, 0.1) is 0 Å². The average molecular weight is 295 g/mol. The Balaban J connectivity index is 2.09. The van der Waals surface area contributed by atoms with E-state index in [1.54, 1.807) is 6.07 Å². The van der Waals surface area contributed by atoms with Crippen molar-refractivity contribution in [3.05, 3.63) is 23.8 Å². The second-order valence-electron chi connectivity index (χ2n) is 5.23. The van der Waals surface area contributed by atoms with Gasteiger partial charge in [0.15, 0.2) is 0 Å². The molecule has 0 aliphatic carbocycles. The number of carbonyl (C=O) groups is 1. The smallest absolute Gasteiger partial charge is 0.315 e. The first-order valence-electron chi connectivity index (χ1n) is 7.68. The molecule has 0 spiro atoms. The monoisotopic (exact) mass is 295 g/mol. The van der Waals surface area contributed by atoms with E-state index in [1.807, 2.05) is 0 Å². The largest absolute Gasteiger partial charge is 0.591 e. The molecule has 5 nitrogen and oxygen atoms in total. The first-order valence-corrected chi connectivity index (χ1v) is 7.68. The van der Waals surface area contributed by atoms with Gasteiger partial charge in [0.1, 0.15) is 0 Å². The van der Waals surface area contributed by atoms with Crippen LogP contribution in [-0.4, -0.2) is 22.8 Å². The number of nitrogens with one attached hydrogen (secondary N) is 2. The van der Waals surface area contributed by atoms with Gasteiger partial charge in [0, 0.05) is 19.2 Å². The highest BCUT2D eigenvalue weighted by Crippen LogP contribution is 2.24. The number of unbranched alkanes of at least 4 members (excludes halogenated alkanes) is 5. The summed E-state index contributed by atoms with van der Waals surface area (Å²) in [5.41, 5.74) is 0.776. The van der Waals surface area contributed by atoms with Gasteiger partial charge in [-0.15, -0.1) is 0 Å². The van der Waals surface area contributed by atoms with Crippen molar-refractivity contribution in [3.8, 4) is 11.5 Å².